The predicted molar refractivity (Wildman–Crippen MR) is 92.9 cm³/mol. The van der Waals surface area contributed by atoms with Gasteiger partial charge in [0.25, 0.3) is 0 Å². The maximum absolute atomic E-state index is 11.9. The van der Waals surface area contributed by atoms with E-state index in [1.807, 2.05) is 48.5 Å². The molecule has 0 radical (unpaired) electrons. The van der Waals surface area contributed by atoms with Crippen molar-refractivity contribution >= 4 is 35.0 Å². The predicted octanol–water partition coefficient (Wildman–Crippen LogP) is 4.64. The Bertz CT molecular complexity index is 626. The molecule has 2 rings (SSSR count). The maximum atomic E-state index is 11.9. The summed E-state index contributed by atoms with van der Waals surface area (Å²) in [6.07, 6.45) is 1.68. The van der Waals surface area contributed by atoms with Gasteiger partial charge in [0, 0.05) is 15.6 Å². The van der Waals surface area contributed by atoms with E-state index >= 15 is 0 Å². The summed E-state index contributed by atoms with van der Waals surface area (Å²) in [5.41, 5.74) is 0.743. The lowest BCUT2D eigenvalue weighted by molar-refractivity contribution is -0.113. The number of carbonyl (C=O) groups excluding carboxylic acids is 1. The van der Waals surface area contributed by atoms with E-state index in [-0.39, 0.29) is 5.91 Å². The largest absolute Gasteiger partial charge is 0.490 e. The van der Waals surface area contributed by atoms with Gasteiger partial charge in [-0.2, -0.15) is 0 Å². The summed E-state index contributed by atoms with van der Waals surface area (Å²) in [6.45, 7) is 4.05. The number of ether oxygens (including phenoxy) is 1. The summed E-state index contributed by atoms with van der Waals surface area (Å²) in [7, 11) is 0. The third-order valence-corrected chi connectivity index (χ3v) is 3.95. The van der Waals surface area contributed by atoms with Gasteiger partial charge in [0.1, 0.15) is 12.4 Å². The minimum absolute atomic E-state index is 0.0558. The van der Waals surface area contributed by atoms with E-state index in [0.717, 1.165) is 16.3 Å². The second-order valence-corrected chi connectivity index (χ2v) is 5.90. The highest BCUT2D eigenvalue weighted by Crippen LogP contribution is 2.21. The molecule has 5 heteroatoms. The molecule has 0 aromatic heterocycles. The summed E-state index contributed by atoms with van der Waals surface area (Å²) < 4.78 is 5.38. The van der Waals surface area contributed by atoms with Crippen molar-refractivity contribution < 1.29 is 9.53 Å². The van der Waals surface area contributed by atoms with Crippen molar-refractivity contribution in [2.75, 3.05) is 17.7 Å². The molecule has 0 spiro atoms. The minimum atomic E-state index is -0.0558. The average Bonchev–Trinajstić information content (AvgIpc) is 2.54. The van der Waals surface area contributed by atoms with Gasteiger partial charge in [0.05, 0.1) is 5.75 Å². The lowest BCUT2D eigenvalue weighted by Crippen LogP contribution is -2.13. The number of amides is 1. The molecule has 3 nitrogen and oxygen atoms in total. The minimum Gasteiger partial charge on any atom is -0.490 e. The van der Waals surface area contributed by atoms with Gasteiger partial charge >= 0.3 is 0 Å². The first kappa shape index (κ1) is 16.5. The van der Waals surface area contributed by atoms with Gasteiger partial charge in [-0.25, -0.2) is 0 Å². The van der Waals surface area contributed by atoms with Crippen LogP contribution in [0.4, 0.5) is 5.69 Å². The topological polar surface area (TPSA) is 38.3 Å². The van der Waals surface area contributed by atoms with Crippen molar-refractivity contribution in [2.24, 2.45) is 0 Å². The van der Waals surface area contributed by atoms with E-state index in [9.17, 15) is 4.79 Å². The van der Waals surface area contributed by atoms with Gasteiger partial charge in [-0.15, -0.1) is 11.8 Å². The van der Waals surface area contributed by atoms with Gasteiger partial charge < -0.3 is 10.1 Å². The molecule has 0 saturated carbocycles. The molecule has 1 N–H and O–H groups in total. The Labute approximate surface area is 139 Å². The highest BCUT2D eigenvalue weighted by molar-refractivity contribution is 8.00. The fourth-order valence-electron chi connectivity index (χ4n) is 1.67. The Hall–Kier alpha value is -1.91. The van der Waals surface area contributed by atoms with Gasteiger partial charge in [-0.05, 0) is 48.5 Å². The number of halogens is 1. The number of rotatable bonds is 7. The summed E-state index contributed by atoms with van der Waals surface area (Å²) >= 11 is 7.29. The molecule has 1 amide bonds. The van der Waals surface area contributed by atoms with E-state index in [1.54, 1.807) is 6.08 Å². The molecule has 0 aliphatic heterocycles. The highest BCUT2D eigenvalue weighted by atomic mass is 35.5. The standard InChI is InChI=1S/C17H16ClNO2S/c1-2-11-21-15-7-5-14(6-8-15)19-17(20)12-22-16-9-3-13(18)4-10-16/h2-10H,1,11-12H2,(H,19,20). The monoisotopic (exact) mass is 333 g/mol. The quantitative estimate of drug-likeness (QED) is 0.592. The first-order chi connectivity index (χ1) is 10.7. The molecule has 0 aliphatic rings. The molecule has 0 atom stereocenters. The number of carbonyl (C=O) groups is 1. The fraction of sp³-hybridized carbons (Fsp3) is 0.118. The molecular formula is C17H16ClNO2S. The van der Waals surface area contributed by atoms with Crippen LogP contribution in [0.1, 0.15) is 0 Å². The molecule has 0 fully saturated rings. The van der Waals surface area contributed by atoms with Crippen LogP contribution >= 0.6 is 23.4 Å². The summed E-state index contributed by atoms with van der Waals surface area (Å²) in [5.74, 6) is 1.03. The molecule has 22 heavy (non-hydrogen) atoms. The number of benzene rings is 2. The lowest BCUT2D eigenvalue weighted by Gasteiger charge is -2.07. The van der Waals surface area contributed by atoms with Crippen LogP contribution < -0.4 is 10.1 Å². The van der Waals surface area contributed by atoms with Crippen LogP contribution in [-0.4, -0.2) is 18.3 Å². The Morgan fingerprint density at radius 3 is 2.50 bits per heavy atom. The van der Waals surface area contributed by atoms with Crippen molar-refractivity contribution in [1.29, 1.82) is 0 Å². The Balaban J connectivity index is 1.81. The van der Waals surface area contributed by atoms with Crippen molar-refractivity contribution in [3.63, 3.8) is 0 Å². The molecular weight excluding hydrogens is 318 g/mol. The van der Waals surface area contributed by atoms with E-state index in [4.69, 9.17) is 16.3 Å². The van der Waals surface area contributed by atoms with E-state index in [0.29, 0.717) is 17.4 Å². The molecule has 2 aromatic rings. The zero-order valence-electron chi connectivity index (χ0n) is 11.9. The number of anilines is 1. The smallest absolute Gasteiger partial charge is 0.234 e. The van der Waals surface area contributed by atoms with Gasteiger partial charge in [-0.1, -0.05) is 24.3 Å². The Morgan fingerprint density at radius 2 is 1.86 bits per heavy atom. The molecule has 114 valence electrons. The normalized spacial score (nSPS) is 10.0. The highest BCUT2D eigenvalue weighted by Gasteiger charge is 2.04. The zero-order chi connectivity index (χ0) is 15.8. The summed E-state index contributed by atoms with van der Waals surface area (Å²) in [6, 6.07) is 14.6. The maximum Gasteiger partial charge on any atom is 0.234 e. The number of nitrogens with one attached hydrogen (secondary N) is 1. The van der Waals surface area contributed by atoms with Crippen molar-refractivity contribution in [3.8, 4) is 5.75 Å². The summed E-state index contributed by atoms with van der Waals surface area (Å²) in [4.78, 5) is 12.9. The van der Waals surface area contributed by atoms with Crippen molar-refractivity contribution in [1.82, 2.24) is 0 Å². The molecule has 0 heterocycles. The summed E-state index contributed by atoms with van der Waals surface area (Å²) in [5, 5.41) is 3.53. The molecule has 0 bridgehead atoms. The van der Waals surface area contributed by atoms with E-state index < -0.39 is 0 Å². The van der Waals surface area contributed by atoms with Crippen LogP contribution in [0.15, 0.2) is 66.1 Å². The van der Waals surface area contributed by atoms with Gasteiger partial charge in [0.15, 0.2) is 0 Å². The second kappa shape index (κ2) is 8.51. The van der Waals surface area contributed by atoms with Crippen LogP contribution in [-0.2, 0) is 4.79 Å². The number of thioether (sulfide) groups is 1. The molecule has 2 aromatic carbocycles. The van der Waals surface area contributed by atoms with Crippen LogP contribution in [0.25, 0.3) is 0 Å². The van der Waals surface area contributed by atoms with E-state index in [2.05, 4.69) is 11.9 Å². The van der Waals surface area contributed by atoms with Gasteiger partial charge in [-0.3, -0.25) is 4.79 Å². The Kier molecular flexibility index (Phi) is 6.37. The van der Waals surface area contributed by atoms with Crippen LogP contribution in [0.2, 0.25) is 5.02 Å². The SMILES string of the molecule is C=CCOc1ccc(NC(=O)CSc2ccc(Cl)cc2)cc1. The third-order valence-electron chi connectivity index (χ3n) is 2.69. The molecule has 0 saturated heterocycles. The fourth-order valence-corrected chi connectivity index (χ4v) is 2.49. The lowest BCUT2D eigenvalue weighted by atomic mass is 10.3. The van der Waals surface area contributed by atoms with Crippen LogP contribution in [0.5, 0.6) is 5.75 Å². The number of hydrogen-bond acceptors (Lipinski definition) is 3. The Morgan fingerprint density at radius 1 is 1.18 bits per heavy atom. The first-order valence-electron chi connectivity index (χ1n) is 6.69. The molecule has 0 unspecified atom stereocenters. The third kappa shape index (κ3) is 5.47. The van der Waals surface area contributed by atoms with Crippen LogP contribution in [0, 0.1) is 0 Å². The van der Waals surface area contributed by atoms with E-state index in [1.165, 1.54) is 11.8 Å². The second-order valence-electron chi connectivity index (χ2n) is 4.41. The number of hydrogen-bond donors (Lipinski definition) is 1. The van der Waals surface area contributed by atoms with Crippen molar-refractivity contribution in [3.05, 3.63) is 66.2 Å². The average molecular weight is 334 g/mol. The first-order valence-corrected chi connectivity index (χ1v) is 8.06. The van der Waals surface area contributed by atoms with Gasteiger partial charge in [0.2, 0.25) is 5.91 Å². The zero-order valence-corrected chi connectivity index (χ0v) is 13.5. The van der Waals surface area contributed by atoms with Crippen molar-refractivity contribution in [2.45, 2.75) is 4.90 Å². The van der Waals surface area contributed by atoms with Crippen LogP contribution in [0.3, 0.4) is 0 Å². The molecule has 0 aliphatic carbocycles.